The standard InChI is InChI=1S/C15H19N5O2S/c16-13-12-14(20(9-17-13)6-11(22)7-21)19-15(18-12)23-8-10-4-2-1-3-5-10/h1-5,11,21-22H,6-9H2,(H2,16,17)(H,18,19)/p+1/t11-/m1/s1. The average Bonchev–Trinajstić information content (AvgIpc) is 3.02. The zero-order valence-corrected chi connectivity index (χ0v) is 13.4. The van der Waals surface area contributed by atoms with Crippen molar-refractivity contribution in [2.24, 2.45) is 10.7 Å². The number of H-pyrrole nitrogens is 2. The molecule has 122 valence electrons. The van der Waals surface area contributed by atoms with E-state index in [9.17, 15) is 5.11 Å². The van der Waals surface area contributed by atoms with Gasteiger partial charge in [-0.3, -0.25) is 9.88 Å². The highest BCUT2D eigenvalue weighted by atomic mass is 32.2. The molecule has 23 heavy (non-hydrogen) atoms. The fourth-order valence-electron chi connectivity index (χ4n) is 2.37. The first-order chi connectivity index (χ1) is 11.2. The van der Waals surface area contributed by atoms with Crippen LogP contribution in [-0.4, -0.2) is 47.0 Å². The van der Waals surface area contributed by atoms with Gasteiger partial charge in [0.15, 0.2) is 12.5 Å². The van der Waals surface area contributed by atoms with Gasteiger partial charge in [-0.05, 0) is 5.56 Å². The van der Waals surface area contributed by atoms with E-state index in [0.717, 1.165) is 22.4 Å². The van der Waals surface area contributed by atoms with Crippen molar-refractivity contribution in [2.75, 3.05) is 24.7 Å². The van der Waals surface area contributed by atoms with E-state index >= 15 is 0 Å². The van der Waals surface area contributed by atoms with E-state index in [-0.39, 0.29) is 13.2 Å². The first kappa shape index (κ1) is 15.9. The average molecular weight is 334 g/mol. The lowest BCUT2D eigenvalue weighted by atomic mass is 10.2. The quantitative estimate of drug-likeness (QED) is 0.554. The molecular formula is C15H20N5O2S+. The van der Waals surface area contributed by atoms with Crippen LogP contribution in [0, 0.1) is 0 Å². The van der Waals surface area contributed by atoms with Gasteiger partial charge in [0, 0.05) is 5.75 Å². The van der Waals surface area contributed by atoms with E-state index in [1.165, 1.54) is 5.56 Å². The number of anilines is 1. The third-order valence-corrected chi connectivity index (χ3v) is 4.53. The number of rotatable bonds is 6. The van der Waals surface area contributed by atoms with Gasteiger partial charge in [-0.2, -0.15) is 0 Å². The summed E-state index contributed by atoms with van der Waals surface area (Å²) in [4.78, 5) is 12.6. The van der Waals surface area contributed by atoms with E-state index in [1.54, 1.807) is 11.8 Å². The van der Waals surface area contributed by atoms with E-state index in [2.05, 4.69) is 27.1 Å². The van der Waals surface area contributed by atoms with Gasteiger partial charge >= 0.3 is 0 Å². The number of nitrogens with two attached hydrogens (primary N) is 1. The summed E-state index contributed by atoms with van der Waals surface area (Å²) in [5.41, 5.74) is 7.89. The summed E-state index contributed by atoms with van der Waals surface area (Å²) in [6.45, 7) is 0.357. The third kappa shape index (κ3) is 3.66. The predicted octanol–water partition coefficient (Wildman–Crippen LogP) is -0.0429. The number of aromatic amines is 2. The Morgan fingerprint density at radius 2 is 2.17 bits per heavy atom. The Morgan fingerprint density at radius 3 is 2.91 bits per heavy atom. The molecule has 1 aliphatic rings. The molecule has 0 amide bonds. The van der Waals surface area contributed by atoms with Gasteiger partial charge < -0.3 is 15.9 Å². The number of aliphatic imine (C=N–C) groups is 1. The van der Waals surface area contributed by atoms with Gasteiger partial charge in [-0.1, -0.05) is 42.1 Å². The Hall–Kier alpha value is -2.03. The van der Waals surface area contributed by atoms with Crippen LogP contribution in [0.15, 0.2) is 40.5 Å². The zero-order valence-electron chi connectivity index (χ0n) is 12.6. The number of β-amino-alcohol motifs (C(OH)–C–C–N with tert-alkyl or cyclic N) is 1. The molecule has 0 aliphatic carbocycles. The fourth-order valence-corrected chi connectivity index (χ4v) is 3.22. The molecule has 2 aromatic rings. The van der Waals surface area contributed by atoms with Gasteiger partial charge in [0.05, 0.1) is 13.2 Å². The molecule has 7 nitrogen and oxygen atoms in total. The number of imidazole rings is 1. The molecule has 0 spiro atoms. The van der Waals surface area contributed by atoms with Crippen molar-refractivity contribution < 1.29 is 15.2 Å². The number of aliphatic hydroxyl groups is 2. The van der Waals surface area contributed by atoms with Crippen molar-refractivity contribution in [2.45, 2.75) is 17.0 Å². The molecule has 1 atom stereocenters. The van der Waals surface area contributed by atoms with Crippen LogP contribution >= 0.6 is 11.8 Å². The Balaban J connectivity index is 1.75. The van der Waals surface area contributed by atoms with Crippen LogP contribution < -0.4 is 15.6 Å². The first-order valence-electron chi connectivity index (χ1n) is 7.33. The van der Waals surface area contributed by atoms with Crippen molar-refractivity contribution in [3.63, 3.8) is 0 Å². The summed E-state index contributed by atoms with van der Waals surface area (Å²) in [6, 6.07) is 10.2. The van der Waals surface area contributed by atoms with Gasteiger partial charge in [-0.25, -0.2) is 9.98 Å². The van der Waals surface area contributed by atoms with Crippen LogP contribution in [0.2, 0.25) is 0 Å². The molecule has 0 fully saturated rings. The molecule has 1 aromatic heterocycles. The first-order valence-corrected chi connectivity index (χ1v) is 8.32. The highest BCUT2D eigenvalue weighted by molar-refractivity contribution is 7.98. The Labute approximate surface area is 138 Å². The Bertz CT molecular complexity index is 688. The maximum absolute atomic E-state index is 9.66. The number of hydrogen-bond acceptors (Lipinski definition) is 6. The number of nitrogens with one attached hydrogen (secondary N) is 2. The molecule has 1 aliphatic heterocycles. The zero-order chi connectivity index (χ0) is 16.2. The Morgan fingerprint density at radius 1 is 1.39 bits per heavy atom. The van der Waals surface area contributed by atoms with E-state index in [1.807, 2.05) is 23.1 Å². The third-order valence-electron chi connectivity index (χ3n) is 3.56. The summed E-state index contributed by atoms with van der Waals surface area (Å²) >= 11 is 1.64. The second kappa shape index (κ2) is 7.03. The van der Waals surface area contributed by atoms with Gasteiger partial charge in [0.1, 0.15) is 6.10 Å². The summed E-state index contributed by atoms with van der Waals surface area (Å²) in [7, 11) is 0. The van der Waals surface area contributed by atoms with E-state index in [4.69, 9.17) is 10.8 Å². The van der Waals surface area contributed by atoms with Crippen LogP contribution in [0.4, 0.5) is 5.82 Å². The number of aliphatic hydroxyl groups excluding tert-OH is 2. The van der Waals surface area contributed by atoms with Crippen LogP contribution in [0.3, 0.4) is 0 Å². The molecule has 0 unspecified atom stereocenters. The van der Waals surface area contributed by atoms with Crippen molar-refractivity contribution in [3.8, 4) is 0 Å². The number of aromatic nitrogens is 2. The van der Waals surface area contributed by atoms with Crippen molar-refractivity contribution >= 4 is 23.4 Å². The van der Waals surface area contributed by atoms with E-state index in [0.29, 0.717) is 12.5 Å². The molecule has 1 aromatic carbocycles. The fraction of sp³-hybridized carbons (Fsp3) is 0.333. The van der Waals surface area contributed by atoms with Crippen molar-refractivity contribution in [1.29, 1.82) is 0 Å². The number of fused-ring (bicyclic) bond motifs is 1. The molecule has 2 heterocycles. The van der Waals surface area contributed by atoms with Crippen LogP contribution in [-0.2, 0) is 5.75 Å². The Kier molecular flexibility index (Phi) is 4.85. The lowest BCUT2D eigenvalue weighted by Gasteiger charge is -2.21. The lowest BCUT2D eigenvalue weighted by molar-refractivity contribution is -0.412. The van der Waals surface area contributed by atoms with Crippen molar-refractivity contribution in [1.82, 2.24) is 4.98 Å². The minimum atomic E-state index is -0.818. The topological polar surface area (TPSA) is 112 Å². The molecule has 0 bridgehead atoms. The molecule has 6 N–H and O–H groups in total. The number of nitrogens with zero attached hydrogens (tertiary/aromatic N) is 2. The van der Waals surface area contributed by atoms with Gasteiger partial charge in [0.25, 0.3) is 11.0 Å². The minimum Gasteiger partial charge on any atom is -0.394 e. The summed E-state index contributed by atoms with van der Waals surface area (Å²) in [5, 5.41) is 19.6. The highest BCUT2D eigenvalue weighted by Gasteiger charge is 2.30. The summed E-state index contributed by atoms with van der Waals surface area (Å²) in [5.74, 6) is 2.06. The van der Waals surface area contributed by atoms with Crippen molar-refractivity contribution in [3.05, 3.63) is 41.6 Å². The maximum Gasteiger partial charge on any atom is 0.267 e. The summed E-state index contributed by atoms with van der Waals surface area (Å²) < 4.78 is 0. The molecule has 0 saturated heterocycles. The minimum absolute atomic E-state index is 0.287. The largest absolute Gasteiger partial charge is 0.394 e. The monoisotopic (exact) mass is 334 g/mol. The number of amidine groups is 1. The molecule has 0 saturated carbocycles. The van der Waals surface area contributed by atoms with E-state index < -0.39 is 6.10 Å². The molecule has 0 radical (unpaired) electrons. The smallest absolute Gasteiger partial charge is 0.267 e. The second-order valence-corrected chi connectivity index (χ2v) is 6.31. The number of thioether (sulfide) groups is 1. The molecular weight excluding hydrogens is 314 g/mol. The number of hydrogen-bond donors (Lipinski definition) is 4. The van der Waals surface area contributed by atoms with Crippen LogP contribution in [0.1, 0.15) is 11.3 Å². The normalized spacial score (nSPS) is 15.2. The van der Waals surface area contributed by atoms with Gasteiger partial charge in [0.2, 0.25) is 5.69 Å². The maximum atomic E-state index is 9.66. The predicted molar refractivity (Wildman–Crippen MR) is 89.4 cm³/mol. The SMILES string of the molecule is NC1=NCN(C[C@@H](O)CO)c2[nH+]c(SCc3ccccc3)[nH]c21. The summed E-state index contributed by atoms with van der Waals surface area (Å²) in [6.07, 6.45) is -0.818. The van der Waals surface area contributed by atoms with Crippen LogP contribution in [0.5, 0.6) is 0 Å². The highest BCUT2D eigenvalue weighted by Crippen LogP contribution is 2.24. The second-order valence-electron chi connectivity index (χ2n) is 5.32. The number of benzene rings is 1. The molecule has 8 heteroatoms. The molecule has 3 rings (SSSR count). The lowest BCUT2D eigenvalue weighted by Crippen LogP contribution is -2.41. The van der Waals surface area contributed by atoms with Gasteiger partial charge in [-0.15, -0.1) is 0 Å². The van der Waals surface area contributed by atoms with Crippen LogP contribution in [0.25, 0.3) is 0 Å².